The zero-order valence-electron chi connectivity index (χ0n) is 16.2. The Balaban J connectivity index is 2.08. The largest absolute Gasteiger partial charge is 0.494 e. The molecular formula is C21H28FN3O2. The minimum Gasteiger partial charge on any atom is -0.494 e. The Bertz CT molecular complexity index is 778. The molecule has 5 nitrogen and oxygen atoms in total. The second-order valence-electron chi connectivity index (χ2n) is 6.18. The molecule has 2 aromatic carbocycles. The third-order valence-electron chi connectivity index (χ3n) is 4.01. The molecule has 6 heteroatoms. The van der Waals surface area contributed by atoms with Crippen molar-refractivity contribution in [2.45, 2.75) is 40.5 Å². The Kier molecular flexibility index (Phi) is 8.07. The lowest BCUT2D eigenvalue weighted by Gasteiger charge is -2.15. The number of aliphatic hydroxyl groups is 1. The van der Waals surface area contributed by atoms with Crippen LogP contribution < -0.4 is 15.4 Å². The molecule has 0 radical (unpaired) electrons. The molecule has 0 aliphatic rings. The minimum absolute atomic E-state index is 0.279. The van der Waals surface area contributed by atoms with Crippen molar-refractivity contribution < 1.29 is 14.2 Å². The van der Waals surface area contributed by atoms with Gasteiger partial charge in [-0.3, -0.25) is 0 Å². The van der Waals surface area contributed by atoms with Gasteiger partial charge in [0.2, 0.25) is 0 Å². The Morgan fingerprint density at radius 2 is 1.93 bits per heavy atom. The molecular weight excluding hydrogens is 345 g/mol. The van der Waals surface area contributed by atoms with E-state index >= 15 is 0 Å². The predicted molar refractivity (Wildman–Crippen MR) is 106 cm³/mol. The maximum Gasteiger partial charge on any atom is 0.191 e. The first-order valence-corrected chi connectivity index (χ1v) is 9.20. The van der Waals surface area contributed by atoms with Gasteiger partial charge >= 0.3 is 0 Å². The molecule has 0 aliphatic carbocycles. The van der Waals surface area contributed by atoms with Gasteiger partial charge in [-0.2, -0.15) is 0 Å². The van der Waals surface area contributed by atoms with Crippen molar-refractivity contribution in [2.24, 2.45) is 4.99 Å². The Hall–Kier alpha value is -2.60. The normalized spacial score (nSPS) is 11.4. The summed E-state index contributed by atoms with van der Waals surface area (Å²) in [7, 11) is 0. The number of aryl methyl sites for hydroxylation is 1. The van der Waals surface area contributed by atoms with E-state index in [1.165, 1.54) is 6.07 Å². The fourth-order valence-corrected chi connectivity index (χ4v) is 2.64. The van der Waals surface area contributed by atoms with E-state index in [0.717, 1.165) is 29.0 Å². The fraction of sp³-hybridized carbons (Fsp3) is 0.381. The van der Waals surface area contributed by atoms with Crippen LogP contribution >= 0.6 is 0 Å². The standard InChI is InChI=1S/C21H28FN3O2/c1-4-23-21(24-12-16-7-9-19(22)18(11-16)14-26)25-13-17-8-6-15(3)10-20(17)27-5-2/h6-11,26H,4-5,12-14H2,1-3H3,(H2,23,24,25). The highest BCUT2D eigenvalue weighted by Gasteiger charge is 2.06. The average molecular weight is 373 g/mol. The highest BCUT2D eigenvalue weighted by molar-refractivity contribution is 5.79. The molecule has 0 heterocycles. The number of benzene rings is 2. The summed E-state index contributed by atoms with van der Waals surface area (Å²) in [4.78, 5) is 4.55. The second kappa shape index (κ2) is 10.5. The molecule has 0 aromatic heterocycles. The number of ether oxygens (including phenoxy) is 1. The summed E-state index contributed by atoms with van der Waals surface area (Å²) >= 11 is 0. The van der Waals surface area contributed by atoms with E-state index in [1.54, 1.807) is 12.1 Å². The van der Waals surface area contributed by atoms with E-state index in [4.69, 9.17) is 4.74 Å². The molecule has 3 N–H and O–H groups in total. The number of nitrogens with one attached hydrogen (secondary N) is 2. The predicted octanol–water partition coefficient (Wildman–Crippen LogP) is 3.28. The molecule has 0 spiro atoms. The van der Waals surface area contributed by atoms with Crippen LogP contribution in [0.4, 0.5) is 4.39 Å². The van der Waals surface area contributed by atoms with Crippen LogP contribution in [0.3, 0.4) is 0 Å². The van der Waals surface area contributed by atoms with E-state index in [2.05, 4.69) is 21.7 Å². The number of hydrogen-bond donors (Lipinski definition) is 3. The van der Waals surface area contributed by atoms with Crippen LogP contribution in [0.25, 0.3) is 0 Å². The van der Waals surface area contributed by atoms with Crippen LogP contribution in [0.5, 0.6) is 5.75 Å². The topological polar surface area (TPSA) is 65.9 Å². The molecule has 0 fully saturated rings. The molecule has 146 valence electrons. The SMILES string of the molecule is CCNC(=NCc1ccc(F)c(CO)c1)NCc1ccc(C)cc1OCC. The van der Waals surface area contributed by atoms with Crippen molar-refractivity contribution in [1.29, 1.82) is 0 Å². The second-order valence-corrected chi connectivity index (χ2v) is 6.18. The van der Waals surface area contributed by atoms with Gasteiger partial charge in [-0.1, -0.05) is 18.2 Å². The third kappa shape index (κ3) is 6.25. The maximum absolute atomic E-state index is 13.5. The number of hydrogen-bond acceptors (Lipinski definition) is 3. The van der Waals surface area contributed by atoms with Crippen LogP contribution in [0.15, 0.2) is 41.4 Å². The Morgan fingerprint density at radius 3 is 2.63 bits per heavy atom. The fourth-order valence-electron chi connectivity index (χ4n) is 2.64. The van der Waals surface area contributed by atoms with E-state index in [-0.39, 0.29) is 12.2 Å². The zero-order chi connectivity index (χ0) is 19.6. The lowest BCUT2D eigenvalue weighted by atomic mass is 10.1. The van der Waals surface area contributed by atoms with Gasteiger partial charge in [0, 0.05) is 24.2 Å². The van der Waals surface area contributed by atoms with E-state index in [0.29, 0.717) is 25.7 Å². The Labute approximate surface area is 160 Å². The molecule has 0 aliphatic heterocycles. The van der Waals surface area contributed by atoms with E-state index in [1.807, 2.05) is 32.9 Å². The molecule has 0 unspecified atom stereocenters. The first-order valence-electron chi connectivity index (χ1n) is 9.20. The van der Waals surface area contributed by atoms with Crippen molar-refractivity contribution in [2.75, 3.05) is 13.2 Å². The van der Waals surface area contributed by atoms with Gasteiger partial charge in [0.15, 0.2) is 5.96 Å². The van der Waals surface area contributed by atoms with Crippen LogP contribution in [-0.2, 0) is 19.7 Å². The van der Waals surface area contributed by atoms with Crippen LogP contribution in [-0.4, -0.2) is 24.2 Å². The number of halogens is 1. The van der Waals surface area contributed by atoms with Gasteiger partial charge in [-0.25, -0.2) is 9.38 Å². The summed E-state index contributed by atoms with van der Waals surface area (Å²) in [6, 6.07) is 10.8. The number of aliphatic hydroxyl groups excluding tert-OH is 1. The molecule has 0 bridgehead atoms. The summed E-state index contributed by atoms with van der Waals surface area (Å²) in [6.45, 7) is 7.97. The first kappa shape index (κ1) is 20.7. The smallest absolute Gasteiger partial charge is 0.191 e. The van der Waals surface area contributed by atoms with Crippen molar-refractivity contribution in [3.05, 3.63) is 64.5 Å². The number of guanidine groups is 1. The van der Waals surface area contributed by atoms with Crippen molar-refractivity contribution in [1.82, 2.24) is 10.6 Å². The number of rotatable bonds is 8. The lowest BCUT2D eigenvalue weighted by molar-refractivity contribution is 0.275. The average Bonchev–Trinajstić information content (AvgIpc) is 2.66. The van der Waals surface area contributed by atoms with E-state index < -0.39 is 5.82 Å². The maximum atomic E-state index is 13.5. The summed E-state index contributed by atoms with van der Waals surface area (Å²) < 4.78 is 19.2. The molecule has 0 atom stereocenters. The van der Waals surface area contributed by atoms with Crippen LogP contribution in [0.1, 0.15) is 36.1 Å². The van der Waals surface area contributed by atoms with Gasteiger partial charge in [0.25, 0.3) is 0 Å². The van der Waals surface area contributed by atoms with Gasteiger partial charge in [0.05, 0.1) is 19.8 Å². The summed E-state index contributed by atoms with van der Waals surface area (Å²) in [5, 5.41) is 15.7. The zero-order valence-corrected chi connectivity index (χ0v) is 16.2. The lowest BCUT2D eigenvalue weighted by Crippen LogP contribution is -2.36. The Morgan fingerprint density at radius 1 is 1.11 bits per heavy atom. The number of nitrogens with zero attached hydrogens (tertiary/aromatic N) is 1. The summed E-state index contributed by atoms with van der Waals surface area (Å²) in [6.07, 6.45) is 0. The molecule has 0 saturated heterocycles. The van der Waals surface area contributed by atoms with Crippen LogP contribution in [0.2, 0.25) is 0 Å². The minimum atomic E-state index is -0.405. The van der Waals surface area contributed by atoms with Crippen molar-refractivity contribution >= 4 is 5.96 Å². The molecule has 0 amide bonds. The van der Waals surface area contributed by atoms with Gasteiger partial charge in [-0.15, -0.1) is 0 Å². The summed E-state index contributed by atoms with van der Waals surface area (Å²) in [5.41, 5.74) is 3.32. The number of aliphatic imine (C=N–C) groups is 1. The quantitative estimate of drug-likeness (QED) is 0.491. The van der Waals surface area contributed by atoms with Crippen LogP contribution in [0, 0.1) is 12.7 Å². The van der Waals surface area contributed by atoms with Gasteiger partial charge in [0.1, 0.15) is 11.6 Å². The highest BCUT2D eigenvalue weighted by atomic mass is 19.1. The van der Waals surface area contributed by atoms with Gasteiger partial charge < -0.3 is 20.5 Å². The van der Waals surface area contributed by atoms with Crippen molar-refractivity contribution in [3.8, 4) is 5.75 Å². The third-order valence-corrected chi connectivity index (χ3v) is 4.01. The first-order chi connectivity index (χ1) is 13.1. The van der Waals surface area contributed by atoms with Crippen molar-refractivity contribution in [3.63, 3.8) is 0 Å². The molecule has 2 aromatic rings. The summed E-state index contributed by atoms with van der Waals surface area (Å²) in [5.74, 6) is 1.13. The molecule has 0 saturated carbocycles. The molecule has 27 heavy (non-hydrogen) atoms. The highest BCUT2D eigenvalue weighted by Crippen LogP contribution is 2.20. The van der Waals surface area contributed by atoms with Gasteiger partial charge in [-0.05, 0) is 50.1 Å². The van der Waals surface area contributed by atoms with E-state index in [9.17, 15) is 9.50 Å². The molecule has 2 rings (SSSR count). The monoisotopic (exact) mass is 373 g/mol.